The van der Waals surface area contributed by atoms with Crippen molar-refractivity contribution in [3.8, 4) is 11.3 Å². The maximum Gasteiger partial charge on any atom is 0.343 e. The SMILES string of the molecule is CC[C@@]1(O)C(=O)OCc2c1cc1n(c2=O)Cc2c-1c(=O)c1cc(F)ccc1n2[C@@H]1CNCC12CC2. The number of hydrogen-bond acceptors (Lipinski definition) is 6. The second-order valence-corrected chi connectivity index (χ2v) is 10.3. The lowest BCUT2D eigenvalue weighted by molar-refractivity contribution is -0.172. The topological polar surface area (TPSA) is 103 Å². The third kappa shape index (κ3) is 2.54. The first-order chi connectivity index (χ1) is 16.8. The van der Waals surface area contributed by atoms with Crippen molar-refractivity contribution in [1.29, 1.82) is 0 Å². The Morgan fingerprint density at radius 2 is 2.03 bits per heavy atom. The molecule has 1 aromatic carbocycles. The third-order valence-electron chi connectivity index (χ3n) is 8.60. The molecule has 2 atom stereocenters. The monoisotopic (exact) mass is 477 g/mol. The van der Waals surface area contributed by atoms with E-state index in [1.165, 1.54) is 16.7 Å². The van der Waals surface area contributed by atoms with Crippen LogP contribution in [0.4, 0.5) is 4.39 Å². The van der Waals surface area contributed by atoms with E-state index in [1.807, 2.05) is 0 Å². The van der Waals surface area contributed by atoms with Crippen molar-refractivity contribution >= 4 is 16.9 Å². The van der Waals surface area contributed by atoms with Gasteiger partial charge in [0, 0.05) is 29.5 Å². The second-order valence-electron chi connectivity index (χ2n) is 10.3. The molecule has 0 bridgehead atoms. The molecule has 5 heterocycles. The second kappa shape index (κ2) is 6.67. The lowest BCUT2D eigenvalue weighted by Crippen LogP contribution is -2.44. The number of nitrogens with zero attached hydrogens (tertiary/aromatic N) is 2. The van der Waals surface area contributed by atoms with Crippen molar-refractivity contribution in [2.24, 2.45) is 5.41 Å². The molecule has 9 heteroatoms. The van der Waals surface area contributed by atoms with Gasteiger partial charge in [-0.15, -0.1) is 0 Å². The molecule has 1 aliphatic carbocycles. The highest BCUT2D eigenvalue weighted by Crippen LogP contribution is 2.57. The first kappa shape index (κ1) is 21.0. The van der Waals surface area contributed by atoms with Crippen LogP contribution in [0.1, 0.15) is 49.0 Å². The van der Waals surface area contributed by atoms with Gasteiger partial charge in [-0.2, -0.15) is 0 Å². The van der Waals surface area contributed by atoms with Crippen LogP contribution < -0.4 is 16.3 Å². The van der Waals surface area contributed by atoms with Gasteiger partial charge in [0.05, 0.1) is 40.6 Å². The molecular weight excluding hydrogens is 453 g/mol. The van der Waals surface area contributed by atoms with E-state index >= 15 is 0 Å². The van der Waals surface area contributed by atoms with Gasteiger partial charge in [-0.25, -0.2) is 9.18 Å². The fraction of sp³-hybridized carbons (Fsp3) is 0.423. The number of carbonyl (C=O) groups excluding carboxylic acids is 1. The quantitative estimate of drug-likeness (QED) is 0.428. The predicted octanol–water partition coefficient (Wildman–Crippen LogP) is 1.91. The summed E-state index contributed by atoms with van der Waals surface area (Å²) in [5, 5.41) is 14.9. The molecule has 0 radical (unpaired) electrons. The van der Waals surface area contributed by atoms with Crippen LogP contribution >= 0.6 is 0 Å². The average Bonchev–Trinajstić information content (AvgIpc) is 3.35. The Balaban J connectivity index is 1.57. The third-order valence-corrected chi connectivity index (χ3v) is 8.60. The molecule has 3 aliphatic heterocycles. The van der Waals surface area contributed by atoms with Crippen LogP contribution in [0.25, 0.3) is 22.2 Å². The summed E-state index contributed by atoms with van der Waals surface area (Å²) in [5.74, 6) is -1.31. The van der Waals surface area contributed by atoms with Gasteiger partial charge in [-0.1, -0.05) is 6.92 Å². The van der Waals surface area contributed by atoms with Gasteiger partial charge in [0.25, 0.3) is 5.56 Å². The highest BCUT2D eigenvalue weighted by atomic mass is 19.1. The zero-order valence-corrected chi connectivity index (χ0v) is 19.2. The summed E-state index contributed by atoms with van der Waals surface area (Å²) in [7, 11) is 0. The van der Waals surface area contributed by atoms with Crippen molar-refractivity contribution in [3.63, 3.8) is 0 Å². The number of hydrogen-bond donors (Lipinski definition) is 2. The minimum absolute atomic E-state index is 0.0258. The Bertz CT molecular complexity index is 1600. The van der Waals surface area contributed by atoms with Crippen LogP contribution in [0.3, 0.4) is 0 Å². The number of cyclic esters (lactones) is 1. The lowest BCUT2D eigenvalue weighted by atomic mass is 9.85. The number of aliphatic hydroxyl groups is 1. The van der Waals surface area contributed by atoms with E-state index in [2.05, 4.69) is 9.88 Å². The molecule has 8 nitrogen and oxygen atoms in total. The van der Waals surface area contributed by atoms with Crippen molar-refractivity contribution in [3.05, 3.63) is 67.5 Å². The zero-order chi connectivity index (χ0) is 24.3. The number of pyridine rings is 2. The Labute approximate surface area is 198 Å². The normalized spacial score (nSPS) is 25.5. The summed E-state index contributed by atoms with van der Waals surface area (Å²) in [6.45, 7) is 3.21. The number of halogens is 1. The summed E-state index contributed by atoms with van der Waals surface area (Å²) in [6.07, 6.45) is 2.16. The van der Waals surface area contributed by atoms with E-state index in [9.17, 15) is 23.9 Å². The largest absolute Gasteiger partial charge is 0.458 e. The van der Waals surface area contributed by atoms with Gasteiger partial charge < -0.3 is 24.3 Å². The summed E-state index contributed by atoms with van der Waals surface area (Å²) in [4.78, 5) is 39.8. The molecule has 180 valence electrons. The number of nitrogens with one attached hydrogen (secondary N) is 1. The summed E-state index contributed by atoms with van der Waals surface area (Å²) in [6, 6.07) is 5.93. The van der Waals surface area contributed by atoms with Crippen LogP contribution in [0.5, 0.6) is 0 Å². The molecule has 3 aromatic rings. The minimum atomic E-state index is -1.96. The van der Waals surface area contributed by atoms with Crippen molar-refractivity contribution in [2.45, 2.75) is 51.0 Å². The van der Waals surface area contributed by atoms with Crippen LogP contribution in [0.2, 0.25) is 0 Å². The van der Waals surface area contributed by atoms with Crippen LogP contribution in [0.15, 0.2) is 33.9 Å². The molecule has 2 N–H and O–H groups in total. The van der Waals surface area contributed by atoms with E-state index in [0.29, 0.717) is 22.5 Å². The molecule has 0 amide bonds. The van der Waals surface area contributed by atoms with Crippen molar-refractivity contribution in [2.75, 3.05) is 13.1 Å². The minimum Gasteiger partial charge on any atom is -0.458 e. The van der Waals surface area contributed by atoms with Gasteiger partial charge in [-0.05, 0) is 43.5 Å². The molecule has 1 saturated heterocycles. The molecule has 2 aromatic heterocycles. The van der Waals surface area contributed by atoms with Gasteiger partial charge in [-0.3, -0.25) is 9.59 Å². The fourth-order valence-electron chi connectivity index (χ4n) is 6.45. The fourth-order valence-corrected chi connectivity index (χ4v) is 6.45. The molecule has 4 aliphatic rings. The molecule has 0 unspecified atom stereocenters. The van der Waals surface area contributed by atoms with Crippen LogP contribution in [-0.4, -0.2) is 33.3 Å². The smallest absolute Gasteiger partial charge is 0.343 e. The van der Waals surface area contributed by atoms with Gasteiger partial charge in [0.1, 0.15) is 12.4 Å². The zero-order valence-electron chi connectivity index (χ0n) is 19.2. The number of fused-ring (bicyclic) bond motifs is 5. The maximum absolute atomic E-state index is 14.3. The number of benzene rings is 1. The Morgan fingerprint density at radius 3 is 2.77 bits per heavy atom. The first-order valence-electron chi connectivity index (χ1n) is 12.0. The number of aromatic nitrogens is 2. The molecule has 1 saturated carbocycles. The average molecular weight is 477 g/mol. The summed E-state index contributed by atoms with van der Waals surface area (Å²) >= 11 is 0. The molecule has 2 fully saturated rings. The van der Waals surface area contributed by atoms with Gasteiger partial charge >= 0.3 is 5.97 Å². The number of esters is 1. The molecule has 7 rings (SSSR count). The van der Waals surface area contributed by atoms with E-state index in [-0.39, 0.29) is 58.5 Å². The van der Waals surface area contributed by atoms with E-state index < -0.39 is 17.4 Å². The first-order valence-corrected chi connectivity index (χ1v) is 12.0. The molecule has 35 heavy (non-hydrogen) atoms. The van der Waals surface area contributed by atoms with Crippen molar-refractivity contribution < 1.29 is 19.0 Å². The van der Waals surface area contributed by atoms with Crippen molar-refractivity contribution in [1.82, 2.24) is 14.5 Å². The van der Waals surface area contributed by atoms with Crippen LogP contribution in [-0.2, 0) is 28.3 Å². The highest BCUT2D eigenvalue weighted by Gasteiger charge is 2.54. The highest BCUT2D eigenvalue weighted by molar-refractivity contribution is 5.88. The molecule has 1 spiro atoms. The summed E-state index contributed by atoms with van der Waals surface area (Å²) < 4.78 is 23.1. The Morgan fingerprint density at radius 1 is 1.23 bits per heavy atom. The van der Waals surface area contributed by atoms with Gasteiger partial charge in [0.15, 0.2) is 11.0 Å². The number of ether oxygens (including phenoxy) is 1. The number of carbonyl (C=O) groups is 1. The van der Waals surface area contributed by atoms with E-state index in [0.717, 1.165) is 25.9 Å². The standard InChI is InChI=1S/C26H24FN3O5/c1-2-26(34)16-8-18-21-19(10-29(18)23(32)15(16)11-35-24(26)33)30(20-9-28-12-25(20)5-6-25)17-4-3-13(27)7-14(17)22(21)31/h3-4,7-8,20,28,34H,2,5-6,9-12H2,1H3/t20-,26+/m1/s1. The molecular formula is C26H24FN3O5. The lowest BCUT2D eigenvalue weighted by Gasteiger charge is -2.31. The number of rotatable bonds is 2. The van der Waals surface area contributed by atoms with E-state index in [4.69, 9.17) is 4.74 Å². The Hall–Kier alpha value is -3.30. The maximum atomic E-state index is 14.3. The van der Waals surface area contributed by atoms with E-state index in [1.54, 1.807) is 19.1 Å². The Kier molecular flexibility index (Phi) is 4.01. The predicted molar refractivity (Wildman–Crippen MR) is 125 cm³/mol. The van der Waals surface area contributed by atoms with Crippen LogP contribution in [0, 0.1) is 11.2 Å². The van der Waals surface area contributed by atoms with Gasteiger partial charge in [0.2, 0.25) is 0 Å². The summed E-state index contributed by atoms with van der Waals surface area (Å²) in [5.41, 5.74) is -0.148.